The Kier molecular flexibility index (Phi) is 11.9. The van der Waals surface area contributed by atoms with Gasteiger partial charge in [-0.3, -0.25) is 19.3 Å². The highest BCUT2D eigenvalue weighted by Crippen LogP contribution is 2.34. The molecule has 44 heavy (non-hydrogen) atoms. The number of carbonyl (C=O) groups is 4. The molecule has 2 unspecified atom stereocenters. The first kappa shape index (κ1) is 34.5. The van der Waals surface area contributed by atoms with Crippen molar-refractivity contribution in [2.45, 2.75) is 97.6 Å². The fourth-order valence-electron chi connectivity index (χ4n) is 5.07. The Labute approximate surface area is 259 Å². The number of aliphatic hydroxyl groups is 1. The number of benzene rings is 2. The molecule has 240 valence electrons. The molecule has 0 saturated carbocycles. The number of hydrogen-bond donors (Lipinski definition) is 4. The number of rotatable bonds is 14. The summed E-state index contributed by atoms with van der Waals surface area (Å²) in [5.74, 6) is -2.17. The van der Waals surface area contributed by atoms with Crippen molar-refractivity contribution in [3.8, 4) is 0 Å². The van der Waals surface area contributed by atoms with Crippen LogP contribution in [-0.2, 0) is 23.9 Å². The van der Waals surface area contributed by atoms with Gasteiger partial charge in [0.1, 0.15) is 12.7 Å². The number of hydrogen-bond acceptors (Lipinski definition) is 8. The Morgan fingerprint density at radius 3 is 2.39 bits per heavy atom. The van der Waals surface area contributed by atoms with Crippen molar-refractivity contribution in [1.82, 2.24) is 15.5 Å². The maximum Gasteiger partial charge on any atom is 0.359 e. The molecule has 2 aromatic carbocycles. The van der Waals surface area contributed by atoms with Crippen molar-refractivity contribution >= 4 is 40.2 Å². The van der Waals surface area contributed by atoms with Crippen molar-refractivity contribution in [1.29, 1.82) is 0 Å². The topological polar surface area (TPSA) is 154 Å². The lowest BCUT2D eigenvalue weighted by molar-refractivity contribution is -0.178. The van der Waals surface area contributed by atoms with E-state index in [0.29, 0.717) is 24.5 Å². The van der Waals surface area contributed by atoms with E-state index >= 15 is 0 Å². The molecule has 1 aliphatic heterocycles. The van der Waals surface area contributed by atoms with Crippen LogP contribution in [0, 0.1) is 5.92 Å². The molecule has 0 fully saturated rings. The number of nitrogens with two attached hydrogens (primary N) is 1. The number of amides is 3. The quantitative estimate of drug-likeness (QED) is 0.187. The van der Waals surface area contributed by atoms with Gasteiger partial charge in [-0.1, -0.05) is 63.6 Å². The van der Waals surface area contributed by atoms with E-state index < -0.39 is 41.7 Å². The summed E-state index contributed by atoms with van der Waals surface area (Å²) >= 11 is 0. The van der Waals surface area contributed by atoms with E-state index in [4.69, 9.17) is 10.5 Å². The Balaban J connectivity index is 1.97. The van der Waals surface area contributed by atoms with E-state index in [1.807, 2.05) is 68.1 Å². The van der Waals surface area contributed by atoms with Crippen LogP contribution in [0.5, 0.6) is 0 Å². The fraction of sp³-hybridized carbons (Fsp3) is 0.515. The van der Waals surface area contributed by atoms with Crippen LogP contribution in [0.3, 0.4) is 0 Å². The first-order valence-electron chi connectivity index (χ1n) is 15.3. The number of ether oxygens (including phenoxy) is 1. The molecule has 1 heterocycles. The molecule has 2 aromatic rings. The minimum absolute atomic E-state index is 0.0418. The third kappa shape index (κ3) is 8.79. The van der Waals surface area contributed by atoms with E-state index in [1.54, 1.807) is 20.0 Å². The zero-order chi connectivity index (χ0) is 32.6. The first-order chi connectivity index (χ1) is 20.7. The summed E-state index contributed by atoms with van der Waals surface area (Å²) < 4.78 is 5.43. The van der Waals surface area contributed by atoms with Crippen molar-refractivity contribution in [2.24, 2.45) is 11.7 Å². The van der Waals surface area contributed by atoms with Gasteiger partial charge in [-0.05, 0) is 44.1 Å². The summed E-state index contributed by atoms with van der Waals surface area (Å²) in [6, 6.07) is 11.7. The van der Waals surface area contributed by atoms with E-state index in [1.165, 1.54) is 11.8 Å². The average molecular weight is 610 g/mol. The number of esters is 1. The molecule has 0 saturated heterocycles. The standard InChI is InChI=1S/C33H47N5O6/c1-7-22(4)44-32(42)33(43,17-11-12-21(2)3)36-30(40)28(35-24(6)39)18-26-19-37(31(41)23(5)34)20-38(26)29-16-10-14-25-13-8-9-15-27(25)29/h8-10,13-16,19,21-23,28,43H,7,11-12,17-18,20,34H2,1-6H3,(H,35,39)(H,36,40)/t22?,23-,28+,33?/m0/s1. The lowest BCUT2D eigenvalue weighted by Crippen LogP contribution is -2.60. The Morgan fingerprint density at radius 1 is 1.07 bits per heavy atom. The molecule has 3 rings (SSSR count). The monoisotopic (exact) mass is 609 g/mol. The predicted molar refractivity (Wildman–Crippen MR) is 170 cm³/mol. The normalized spacial score (nSPS) is 16.6. The molecule has 0 aliphatic carbocycles. The van der Waals surface area contributed by atoms with Crippen LogP contribution < -0.4 is 21.3 Å². The molecule has 0 radical (unpaired) electrons. The van der Waals surface area contributed by atoms with E-state index in [9.17, 15) is 24.3 Å². The second-order valence-corrected chi connectivity index (χ2v) is 12.0. The van der Waals surface area contributed by atoms with Crippen LogP contribution in [0.4, 0.5) is 5.69 Å². The molecular weight excluding hydrogens is 562 g/mol. The fourth-order valence-corrected chi connectivity index (χ4v) is 5.07. The van der Waals surface area contributed by atoms with Gasteiger partial charge in [0, 0.05) is 37.0 Å². The molecule has 4 atom stereocenters. The van der Waals surface area contributed by atoms with Crippen molar-refractivity contribution in [3.05, 3.63) is 54.4 Å². The van der Waals surface area contributed by atoms with Gasteiger partial charge in [-0.15, -0.1) is 0 Å². The maximum atomic E-state index is 13.8. The largest absolute Gasteiger partial charge is 0.459 e. The van der Waals surface area contributed by atoms with Gasteiger partial charge in [0.15, 0.2) is 0 Å². The molecule has 11 heteroatoms. The molecule has 5 N–H and O–H groups in total. The Bertz CT molecular complexity index is 1370. The van der Waals surface area contributed by atoms with Crippen molar-refractivity contribution in [2.75, 3.05) is 11.6 Å². The second kappa shape index (κ2) is 15.2. The minimum Gasteiger partial charge on any atom is -0.459 e. The number of nitrogens with zero attached hydrogens (tertiary/aromatic N) is 2. The van der Waals surface area contributed by atoms with Gasteiger partial charge in [0.25, 0.3) is 0 Å². The summed E-state index contributed by atoms with van der Waals surface area (Å²) in [7, 11) is 0. The summed E-state index contributed by atoms with van der Waals surface area (Å²) in [5, 5.41) is 18.5. The number of carbonyl (C=O) groups excluding carboxylic acids is 4. The van der Waals surface area contributed by atoms with E-state index in [-0.39, 0.29) is 25.4 Å². The third-order valence-electron chi connectivity index (χ3n) is 7.65. The summed E-state index contributed by atoms with van der Waals surface area (Å²) in [4.78, 5) is 55.5. The van der Waals surface area contributed by atoms with Crippen LogP contribution in [-0.4, -0.2) is 64.3 Å². The molecule has 1 aliphatic rings. The van der Waals surface area contributed by atoms with Crippen LogP contribution in [0.1, 0.15) is 73.6 Å². The zero-order valence-corrected chi connectivity index (χ0v) is 26.6. The van der Waals surface area contributed by atoms with Crippen LogP contribution in [0.25, 0.3) is 10.8 Å². The predicted octanol–water partition coefficient (Wildman–Crippen LogP) is 3.50. The van der Waals surface area contributed by atoms with Crippen LogP contribution in [0.2, 0.25) is 0 Å². The lowest BCUT2D eigenvalue weighted by atomic mass is 9.99. The highest BCUT2D eigenvalue weighted by molar-refractivity contribution is 5.96. The SMILES string of the molecule is CCC(C)OC(=O)C(O)(CCCC(C)C)NC(=O)[C@@H](CC1=CN(C(=O)[C@H](C)N)CN1c1cccc2ccccc12)NC(C)=O. The molecule has 3 amide bonds. The van der Waals surface area contributed by atoms with Crippen molar-refractivity contribution in [3.63, 3.8) is 0 Å². The average Bonchev–Trinajstić information content (AvgIpc) is 3.38. The van der Waals surface area contributed by atoms with Crippen LogP contribution in [0.15, 0.2) is 54.4 Å². The van der Waals surface area contributed by atoms with Crippen LogP contribution >= 0.6 is 0 Å². The van der Waals surface area contributed by atoms with Gasteiger partial charge in [0.2, 0.25) is 23.4 Å². The molecule has 0 bridgehead atoms. The highest BCUT2D eigenvalue weighted by atomic mass is 16.6. The highest BCUT2D eigenvalue weighted by Gasteiger charge is 2.42. The molecule has 0 spiro atoms. The molecule has 11 nitrogen and oxygen atoms in total. The lowest BCUT2D eigenvalue weighted by Gasteiger charge is -2.31. The molecule has 0 aromatic heterocycles. The van der Waals surface area contributed by atoms with Gasteiger partial charge in [0.05, 0.1) is 17.8 Å². The van der Waals surface area contributed by atoms with Gasteiger partial charge in [-0.2, -0.15) is 0 Å². The smallest absolute Gasteiger partial charge is 0.359 e. The summed E-state index contributed by atoms with van der Waals surface area (Å²) in [6.07, 6.45) is 2.78. The van der Waals surface area contributed by atoms with Gasteiger partial charge < -0.3 is 31.1 Å². The Hall–Kier alpha value is -3.96. The molecular formula is C33H47N5O6. The van der Waals surface area contributed by atoms with E-state index in [0.717, 1.165) is 22.9 Å². The zero-order valence-electron chi connectivity index (χ0n) is 26.6. The summed E-state index contributed by atoms with van der Waals surface area (Å²) in [5.41, 5.74) is 5.00. The van der Waals surface area contributed by atoms with Gasteiger partial charge >= 0.3 is 5.97 Å². The van der Waals surface area contributed by atoms with Crippen molar-refractivity contribution < 1.29 is 29.0 Å². The number of fused-ring (bicyclic) bond motifs is 1. The second-order valence-electron chi connectivity index (χ2n) is 12.0. The first-order valence-corrected chi connectivity index (χ1v) is 15.3. The minimum atomic E-state index is -2.29. The Morgan fingerprint density at radius 2 is 1.75 bits per heavy atom. The van der Waals surface area contributed by atoms with E-state index in [2.05, 4.69) is 10.6 Å². The summed E-state index contributed by atoms with van der Waals surface area (Å²) in [6.45, 7) is 10.6. The van der Waals surface area contributed by atoms with Gasteiger partial charge in [-0.25, -0.2) is 4.79 Å². The number of nitrogens with one attached hydrogen (secondary N) is 2. The maximum absolute atomic E-state index is 13.8. The third-order valence-corrected chi connectivity index (χ3v) is 7.65. The number of anilines is 1.